The number of aromatic amines is 1. The molecular formula is C22H27ClN6O2. The van der Waals surface area contributed by atoms with E-state index in [0.717, 1.165) is 29.3 Å². The Hall–Kier alpha value is -2.71. The minimum absolute atomic E-state index is 0.113. The van der Waals surface area contributed by atoms with Gasteiger partial charge in [0.15, 0.2) is 0 Å². The Morgan fingerprint density at radius 1 is 1.32 bits per heavy atom. The van der Waals surface area contributed by atoms with Gasteiger partial charge in [-0.25, -0.2) is 14.8 Å². The first-order chi connectivity index (χ1) is 14.9. The number of halogens is 1. The number of urea groups is 1. The SMILES string of the molecule is CC(C)(C1CCN(C(=O)NCc2ncccn2)CC1)[C@H](O)c1cc(Cl)cc2cn[nH]c12. The van der Waals surface area contributed by atoms with Crippen LogP contribution in [0, 0.1) is 11.3 Å². The van der Waals surface area contributed by atoms with Crippen LogP contribution in [0.3, 0.4) is 0 Å². The Morgan fingerprint density at radius 3 is 2.74 bits per heavy atom. The highest BCUT2D eigenvalue weighted by molar-refractivity contribution is 6.31. The number of nitrogens with one attached hydrogen (secondary N) is 2. The number of rotatable bonds is 5. The maximum absolute atomic E-state index is 12.5. The Bertz CT molecular complexity index is 1050. The molecule has 2 aromatic heterocycles. The van der Waals surface area contributed by atoms with Gasteiger partial charge in [0.1, 0.15) is 5.82 Å². The molecule has 4 rings (SSSR count). The standard InChI is InChI=1S/C22H27ClN6O2/c1-22(2,20(30)17-11-16(23)10-14-12-27-28-19(14)17)15-4-8-29(9-5-15)21(31)26-13-18-24-6-3-7-25-18/h3,6-7,10-12,15,20,30H,4-5,8-9,13H2,1-2H3,(H,26,31)(H,27,28)/t20-/m1/s1. The van der Waals surface area contributed by atoms with E-state index in [2.05, 4.69) is 39.3 Å². The van der Waals surface area contributed by atoms with Crippen molar-refractivity contribution < 1.29 is 9.90 Å². The minimum Gasteiger partial charge on any atom is -0.388 e. The highest BCUT2D eigenvalue weighted by Gasteiger charge is 2.40. The van der Waals surface area contributed by atoms with Crippen LogP contribution in [0.25, 0.3) is 10.9 Å². The molecule has 1 atom stereocenters. The van der Waals surface area contributed by atoms with Gasteiger partial charge in [-0.2, -0.15) is 5.10 Å². The average Bonchev–Trinajstić information content (AvgIpc) is 3.25. The van der Waals surface area contributed by atoms with E-state index in [4.69, 9.17) is 11.6 Å². The van der Waals surface area contributed by atoms with Crippen molar-refractivity contribution in [2.75, 3.05) is 13.1 Å². The van der Waals surface area contributed by atoms with Gasteiger partial charge in [-0.05, 0) is 42.4 Å². The van der Waals surface area contributed by atoms with E-state index in [1.54, 1.807) is 24.7 Å². The molecule has 9 heteroatoms. The second-order valence-corrected chi connectivity index (χ2v) is 9.07. The molecule has 2 amide bonds. The van der Waals surface area contributed by atoms with Crippen LogP contribution in [-0.4, -0.2) is 49.3 Å². The molecule has 1 aromatic carbocycles. The largest absolute Gasteiger partial charge is 0.388 e. The van der Waals surface area contributed by atoms with Crippen LogP contribution in [0.4, 0.5) is 4.79 Å². The molecule has 1 aliphatic heterocycles. The van der Waals surface area contributed by atoms with E-state index in [1.807, 2.05) is 17.0 Å². The van der Waals surface area contributed by atoms with Crippen molar-refractivity contribution >= 4 is 28.5 Å². The normalized spacial score (nSPS) is 16.5. The third-order valence-electron chi connectivity index (χ3n) is 6.39. The summed E-state index contributed by atoms with van der Waals surface area (Å²) >= 11 is 6.28. The van der Waals surface area contributed by atoms with Gasteiger partial charge in [0.2, 0.25) is 0 Å². The lowest BCUT2D eigenvalue weighted by Crippen LogP contribution is -2.47. The van der Waals surface area contributed by atoms with Gasteiger partial charge < -0.3 is 15.3 Å². The van der Waals surface area contributed by atoms with Crippen molar-refractivity contribution in [2.45, 2.75) is 39.3 Å². The summed E-state index contributed by atoms with van der Waals surface area (Å²) in [6.07, 6.45) is 5.93. The first-order valence-corrected chi connectivity index (χ1v) is 10.8. The number of piperidine rings is 1. The molecule has 0 unspecified atom stereocenters. The highest BCUT2D eigenvalue weighted by atomic mass is 35.5. The Kier molecular flexibility index (Phi) is 6.11. The number of aromatic nitrogens is 4. The number of benzene rings is 1. The van der Waals surface area contributed by atoms with Gasteiger partial charge in [-0.15, -0.1) is 0 Å². The topological polar surface area (TPSA) is 107 Å². The van der Waals surface area contributed by atoms with Crippen LogP contribution in [0.5, 0.6) is 0 Å². The Balaban J connectivity index is 1.39. The molecule has 164 valence electrons. The number of nitrogens with zero attached hydrogens (tertiary/aromatic N) is 4. The highest BCUT2D eigenvalue weighted by Crippen LogP contribution is 2.46. The summed E-state index contributed by atoms with van der Waals surface area (Å²) < 4.78 is 0. The van der Waals surface area contributed by atoms with Crippen molar-refractivity contribution in [1.29, 1.82) is 0 Å². The number of fused-ring (bicyclic) bond motifs is 1. The molecule has 0 bridgehead atoms. The molecule has 3 aromatic rings. The quantitative estimate of drug-likeness (QED) is 0.558. The molecule has 8 nitrogen and oxygen atoms in total. The average molecular weight is 443 g/mol. The molecular weight excluding hydrogens is 416 g/mol. The number of H-pyrrole nitrogens is 1. The number of aliphatic hydroxyl groups excluding tert-OH is 1. The maximum atomic E-state index is 12.5. The van der Waals surface area contributed by atoms with E-state index < -0.39 is 11.5 Å². The van der Waals surface area contributed by atoms with Gasteiger partial charge in [0.25, 0.3) is 0 Å². The van der Waals surface area contributed by atoms with Crippen molar-refractivity contribution in [2.24, 2.45) is 11.3 Å². The summed E-state index contributed by atoms with van der Waals surface area (Å²) in [5, 5.41) is 22.7. The number of hydrogen-bond donors (Lipinski definition) is 3. The maximum Gasteiger partial charge on any atom is 0.317 e. The molecule has 1 aliphatic rings. The van der Waals surface area contributed by atoms with Gasteiger partial charge in [0, 0.05) is 41.5 Å². The lowest BCUT2D eigenvalue weighted by atomic mass is 9.68. The van der Waals surface area contributed by atoms with E-state index in [9.17, 15) is 9.90 Å². The molecule has 1 saturated heterocycles. The summed E-state index contributed by atoms with van der Waals surface area (Å²) in [6.45, 7) is 5.73. The summed E-state index contributed by atoms with van der Waals surface area (Å²) in [4.78, 5) is 22.6. The summed E-state index contributed by atoms with van der Waals surface area (Å²) in [7, 11) is 0. The van der Waals surface area contributed by atoms with Gasteiger partial charge in [-0.1, -0.05) is 25.4 Å². The van der Waals surface area contributed by atoms with Crippen molar-refractivity contribution in [3.8, 4) is 0 Å². The molecule has 3 N–H and O–H groups in total. The van der Waals surface area contributed by atoms with Gasteiger partial charge in [0.05, 0.1) is 24.4 Å². The number of amides is 2. The van der Waals surface area contributed by atoms with E-state index in [0.29, 0.717) is 30.5 Å². The number of aliphatic hydroxyl groups is 1. The molecule has 0 spiro atoms. The molecule has 0 radical (unpaired) electrons. The molecule has 3 heterocycles. The third kappa shape index (κ3) is 4.50. The zero-order valence-electron chi connectivity index (χ0n) is 17.7. The van der Waals surface area contributed by atoms with Crippen LogP contribution in [0.1, 0.15) is 44.2 Å². The fourth-order valence-electron chi connectivity index (χ4n) is 4.40. The molecule has 0 aliphatic carbocycles. The van der Waals surface area contributed by atoms with Crippen LogP contribution in [-0.2, 0) is 6.54 Å². The third-order valence-corrected chi connectivity index (χ3v) is 6.61. The van der Waals surface area contributed by atoms with Gasteiger partial charge in [-0.3, -0.25) is 5.10 Å². The van der Waals surface area contributed by atoms with Crippen LogP contribution in [0.2, 0.25) is 5.02 Å². The predicted octanol–water partition coefficient (Wildman–Crippen LogP) is 3.69. The van der Waals surface area contributed by atoms with E-state index >= 15 is 0 Å². The summed E-state index contributed by atoms with van der Waals surface area (Å²) in [5.41, 5.74) is 1.17. The van der Waals surface area contributed by atoms with Crippen LogP contribution >= 0.6 is 11.6 Å². The van der Waals surface area contributed by atoms with E-state index in [1.165, 1.54) is 0 Å². The first-order valence-electron chi connectivity index (χ1n) is 10.5. The molecule has 31 heavy (non-hydrogen) atoms. The number of likely N-dealkylation sites (tertiary alicyclic amines) is 1. The van der Waals surface area contributed by atoms with Crippen molar-refractivity contribution in [1.82, 2.24) is 30.4 Å². The number of hydrogen-bond acceptors (Lipinski definition) is 5. The smallest absolute Gasteiger partial charge is 0.317 e. The van der Waals surface area contributed by atoms with E-state index in [-0.39, 0.29) is 11.9 Å². The van der Waals surface area contributed by atoms with Crippen molar-refractivity contribution in [3.63, 3.8) is 0 Å². The predicted molar refractivity (Wildman–Crippen MR) is 118 cm³/mol. The Labute approximate surface area is 186 Å². The lowest BCUT2D eigenvalue weighted by Gasteiger charge is -2.43. The Morgan fingerprint density at radius 2 is 2.03 bits per heavy atom. The van der Waals surface area contributed by atoms with Gasteiger partial charge >= 0.3 is 6.03 Å². The van der Waals surface area contributed by atoms with Crippen LogP contribution < -0.4 is 5.32 Å². The summed E-state index contributed by atoms with van der Waals surface area (Å²) in [5.74, 6) is 0.836. The van der Waals surface area contributed by atoms with Crippen LogP contribution in [0.15, 0.2) is 36.8 Å². The fraction of sp³-hybridized carbons (Fsp3) is 0.455. The van der Waals surface area contributed by atoms with Crippen molar-refractivity contribution in [3.05, 3.63) is 53.2 Å². The molecule has 0 saturated carbocycles. The zero-order valence-corrected chi connectivity index (χ0v) is 18.4. The lowest BCUT2D eigenvalue weighted by molar-refractivity contribution is -0.0143. The first kappa shape index (κ1) is 21.5. The monoisotopic (exact) mass is 442 g/mol. The number of carbonyl (C=O) groups is 1. The second kappa shape index (κ2) is 8.80. The number of carbonyl (C=O) groups excluding carboxylic acids is 1. The zero-order chi connectivity index (χ0) is 22.0. The minimum atomic E-state index is -0.713. The fourth-order valence-corrected chi connectivity index (χ4v) is 4.64. The summed E-state index contributed by atoms with van der Waals surface area (Å²) in [6, 6.07) is 5.27. The molecule has 1 fully saturated rings. The second-order valence-electron chi connectivity index (χ2n) is 8.64.